The van der Waals surface area contributed by atoms with Gasteiger partial charge in [-0.15, -0.1) is 0 Å². The second-order valence-electron chi connectivity index (χ2n) is 4.63. The Labute approximate surface area is 108 Å². The van der Waals surface area contributed by atoms with E-state index in [1.165, 1.54) is 0 Å². The van der Waals surface area contributed by atoms with Gasteiger partial charge in [-0.1, -0.05) is 13.8 Å². The Morgan fingerprint density at radius 1 is 1.50 bits per heavy atom. The summed E-state index contributed by atoms with van der Waals surface area (Å²) >= 11 is 0. The maximum Gasteiger partial charge on any atom is 0.221 e. The van der Waals surface area contributed by atoms with Crippen LogP contribution in [0.15, 0.2) is 6.33 Å². The number of aromatic nitrogens is 3. The lowest BCUT2D eigenvalue weighted by atomic mass is 10.2. The molecule has 0 aliphatic heterocycles. The highest BCUT2D eigenvalue weighted by atomic mass is 16.1. The summed E-state index contributed by atoms with van der Waals surface area (Å²) in [6.45, 7) is 9.06. The van der Waals surface area contributed by atoms with E-state index in [1.807, 2.05) is 11.6 Å². The molecule has 1 rings (SSSR count). The minimum absolute atomic E-state index is 0.0775. The van der Waals surface area contributed by atoms with Crippen molar-refractivity contribution in [1.29, 1.82) is 0 Å². The third kappa shape index (κ3) is 5.27. The predicted octanol–water partition coefficient (Wildman–Crippen LogP) is 0.550. The molecule has 6 heteroatoms. The van der Waals surface area contributed by atoms with Crippen LogP contribution >= 0.6 is 0 Å². The van der Waals surface area contributed by atoms with Crippen molar-refractivity contribution in [2.24, 2.45) is 5.92 Å². The van der Waals surface area contributed by atoms with Crippen LogP contribution in [-0.4, -0.2) is 33.8 Å². The molecular formula is C12H23N5O. The molecule has 2 N–H and O–H groups in total. The van der Waals surface area contributed by atoms with Crippen molar-refractivity contribution in [1.82, 2.24) is 25.4 Å². The van der Waals surface area contributed by atoms with E-state index in [-0.39, 0.29) is 5.91 Å². The maximum atomic E-state index is 11.2. The van der Waals surface area contributed by atoms with E-state index in [9.17, 15) is 4.79 Å². The minimum atomic E-state index is 0.0775. The summed E-state index contributed by atoms with van der Waals surface area (Å²) in [7, 11) is 0. The molecule has 0 atom stereocenters. The number of amides is 1. The van der Waals surface area contributed by atoms with Gasteiger partial charge >= 0.3 is 0 Å². The van der Waals surface area contributed by atoms with Gasteiger partial charge in [0, 0.05) is 26.1 Å². The number of carbonyl (C=O) groups is 1. The lowest BCUT2D eigenvalue weighted by Gasteiger charge is -2.09. The molecule has 0 saturated heterocycles. The fourth-order valence-electron chi connectivity index (χ4n) is 1.61. The van der Waals surface area contributed by atoms with E-state index in [4.69, 9.17) is 0 Å². The fraction of sp³-hybridized carbons (Fsp3) is 0.750. The first-order chi connectivity index (χ1) is 8.63. The van der Waals surface area contributed by atoms with Crippen LogP contribution in [0, 0.1) is 5.92 Å². The number of nitrogens with zero attached hydrogens (tertiary/aromatic N) is 3. The molecule has 0 bridgehead atoms. The van der Waals surface area contributed by atoms with Gasteiger partial charge in [0.2, 0.25) is 5.91 Å². The van der Waals surface area contributed by atoms with Crippen LogP contribution in [0.5, 0.6) is 0 Å². The quantitative estimate of drug-likeness (QED) is 0.664. The van der Waals surface area contributed by atoms with Gasteiger partial charge in [-0.25, -0.2) is 9.67 Å². The summed E-state index contributed by atoms with van der Waals surface area (Å²) in [6.07, 6.45) is 2.06. The van der Waals surface area contributed by atoms with Crippen LogP contribution in [0.4, 0.5) is 0 Å². The van der Waals surface area contributed by atoms with Gasteiger partial charge in [0.25, 0.3) is 0 Å². The van der Waals surface area contributed by atoms with Crippen molar-refractivity contribution in [3.8, 4) is 0 Å². The number of nitrogens with one attached hydrogen (secondary N) is 2. The first kappa shape index (κ1) is 14.6. The number of rotatable bonds is 8. The van der Waals surface area contributed by atoms with E-state index in [0.29, 0.717) is 32.0 Å². The van der Waals surface area contributed by atoms with Gasteiger partial charge in [-0.3, -0.25) is 4.79 Å². The molecule has 0 aromatic carbocycles. The highest BCUT2D eigenvalue weighted by Gasteiger charge is 2.06. The van der Waals surface area contributed by atoms with Crippen LogP contribution in [0.25, 0.3) is 0 Å². The lowest BCUT2D eigenvalue weighted by molar-refractivity contribution is -0.120. The van der Waals surface area contributed by atoms with E-state index in [1.54, 1.807) is 6.33 Å². The fourth-order valence-corrected chi connectivity index (χ4v) is 1.61. The standard InChI is InChI=1S/C12H23N5O/c1-4-14-12(18)5-6-13-7-11-15-9-16-17(11)8-10(2)3/h9-10,13H,4-8H2,1-3H3,(H,14,18). The summed E-state index contributed by atoms with van der Waals surface area (Å²) < 4.78 is 1.91. The van der Waals surface area contributed by atoms with Gasteiger partial charge in [-0.2, -0.15) is 5.10 Å². The summed E-state index contributed by atoms with van der Waals surface area (Å²) in [5, 5.41) is 10.2. The van der Waals surface area contributed by atoms with Crippen molar-refractivity contribution in [2.45, 2.75) is 40.3 Å². The van der Waals surface area contributed by atoms with Gasteiger partial charge in [-0.05, 0) is 12.8 Å². The first-order valence-electron chi connectivity index (χ1n) is 6.47. The van der Waals surface area contributed by atoms with Crippen molar-refractivity contribution in [3.05, 3.63) is 12.2 Å². The first-order valence-corrected chi connectivity index (χ1v) is 6.47. The Balaban J connectivity index is 2.27. The minimum Gasteiger partial charge on any atom is -0.356 e. The van der Waals surface area contributed by atoms with Crippen LogP contribution in [0.3, 0.4) is 0 Å². The maximum absolute atomic E-state index is 11.2. The molecule has 1 aromatic heterocycles. The molecule has 0 saturated carbocycles. The topological polar surface area (TPSA) is 71.8 Å². The lowest BCUT2D eigenvalue weighted by Crippen LogP contribution is -2.28. The summed E-state index contributed by atoms with van der Waals surface area (Å²) in [5.74, 6) is 1.54. The van der Waals surface area contributed by atoms with Gasteiger partial charge in [0.05, 0.1) is 6.54 Å². The largest absolute Gasteiger partial charge is 0.356 e. The van der Waals surface area contributed by atoms with Crippen LogP contribution in [0.2, 0.25) is 0 Å². The summed E-state index contributed by atoms with van der Waals surface area (Å²) in [5.41, 5.74) is 0. The van der Waals surface area contributed by atoms with Gasteiger partial charge in [0.15, 0.2) is 0 Å². The molecule has 0 spiro atoms. The molecule has 0 aliphatic carbocycles. The Morgan fingerprint density at radius 3 is 2.94 bits per heavy atom. The Kier molecular flexibility index (Phi) is 6.35. The highest BCUT2D eigenvalue weighted by Crippen LogP contribution is 2.00. The molecule has 1 amide bonds. The third-order valence-corrected chi connectivity index (χ3v) is 2.42. The zero-order chi connectivity index (χ0) is 13.4. The van der Waals surface area contributed by atoms with Crippen molar-refractivity contribution in [3.63, 3.8) is 0 Å². The molecule has 18 heavy (non-hydrogen) atoms. The van der Waals surface area contributed by atoms with E-state index in [0.717, 1.165) is 12.4 Å². The van der Waals surface area contributed by atoms with Gasteiger partial charge in [0.1, 0.15) is 12.2 Å². The van der Waals surface area contributed by atoms with Gasteiger partial charge < -0.3 is 10.6 Å². The SMILES string of the molecule is CCNC(=O)CCNCc1ncnn1CC(C)C. The second kappa shape index (κ2) is 7.81. The molecular weight excluding hydrogens is 230 g/mol. The normalized spacial score (nSPS) is 10.9. The molecule has 102 valence electrons. The Hall–Kier alpha value is -1.43. The summed E-state index contributed by atoms with van der Waals surface area (Å²) in [6, 6.07) is 0. The molecule has 1 aromatic rings. The molecule has 0 unspecified atom stereocenters. The number of hydrogen-bond acceptors (Lipinski definition) is 4. The third-order valence-electron chi connectivity index (χ3n) is 2.42. The zero-order valence-corrected chi connectivity index (χ0v) is 11.4. The van der Waals surface area contributed by atoms with E-state index in [2.05, 4.69) is 34.6 Å². The Morgan fingerprint density at radius 2 is 2.28 bits per heavy atom. The molecule has 0 radical (unpaired) electrons. The average molecular weight is 253 g/mol. The summed E-state index contributed by atoms with van der Waals surface area (Å²) in [4.78, 5) is 15.4. The zero-order valence-electron chi connectivity index (χ0n) is 11.4. The highest BCUT2D eigenvalue weighted by molar-refractivity contribution is 5.75. The number of carbonyl (C=O) groups excluding carboxylic acids is 1. The predicted molar refractivity (Wildman–Crippen MR) is 69.9 cm³/mol. The van der Waals surface area contributed by atoms with E-state index >= 15 is 0 Å². The van der Waals surface area contributed by atoms with Crippen LogP contribution in [-0.2, 0) is 17.9 Å². The Bertz CT molecular complexity index is 361. The molecule has 0 fully saturated rings. The van der Waals surface area contributed by atoms with Crippen molar-refractivity contribution < 1.29 is 4.79 Å². The second-order valence-corrected chi connectivity index (χ2v) is 4.63. The molecule has 1 heterocycles. The smallest absolute Gasteiger partial charge is 0.221 e. The molecule has 0 aliphatic rings. The van der Waals surface area contributed by atoms with Crippen molar-refractivity contribution >= 4 is 5.91 Å². The molecule has 6 nitrogen and oxygen atoms in total. The van der Waals surface area contributed by atoms with Crippen LogP contribution in [0.1, 0.15) is 33.0 Å². The monoisotopic (exact) mass is 253 g/mol. The van der Waals surface area contributed by atoms with E-state index < -0.39 is 0 Å². The van der Waals surface area contributed by atoms with Crippen LogP contribution < -0.4 is 10.6 Å². The average Bonchev–Trinajstić information content (AvgIpc) is 2.71. The number of hydrogen-bond donors (Lipinski definition) is 2. The van der Waals surface area contributed by atoms with Crippen molar-refractivity contribution in [2.75, 3.05) is 13.1 Å².